The number of ether oxygens (including phenoxy) is 2. The molecule has 0 radical (unpaired) electrons. The molecule has 1 saturated heterocycles. The van der Waals surface area contributed by atoms with Crippen LogP contribution in [0.15, 0.2) is 29.4 Å². The first kappa shape index (κ1) is 15.8. The number of oxime groups is 1. The third kappa shape index (κ3) is 5.05. The van der Waals surface area contributed by atoms with Crippen molar-refractivity contribution in [1.82, 2.24) is 0 Å². The zero-order valence-electron chi connectivity index (χ0n) is 13.1. The highest BCUT2D eigenvalue weighted by Crippen LogP contribution is 2.29. The van der Waals surface area contributed by atoms with Gasteiger partial charge in [-0.25, -0.2) is 0 Å². The normalized spacial score (nSPS) is 21.5. The van der Waals surface area contributed by atoms with Crippen molar-refractivity contribution in [2.45, 2.75) is 58.2 Å². The van der Waals surface area contributed by atoms with Crippen LogP contribution in [-0.2, 0) is 11.2 Å². The summed E-state index contributed by atoms with van der Waals surface area (Å²) in [5, 5.41) is 11.8. The summed E-state index contributed by atoms with van der Waals surface area (Å²) in [5.74, 6) is 0.875. The van der Waals surface area contributed by atoms with E-state index < -0.39 is 0 Å². The molecule has 116 valence electrons. The van der Waals surface area contributed by atoms with Gasteiger partial charge < -0.3 is 14.7 Å². The van der Waals surface area contributed by atoms with Crippen molar-refractivity contribution in [3.63, 3.8) is 0 Å². The van der Waals surface area contributed by atoms with E-state index in [1.165, 1.54) is 5.56 Å². The van der Waals surface area contributed by atoms with Crippen LogP contribution in [0, 0.1) is 0 Å². The topological polar surface area (TPSA) is 51.0 Å². The molecular weight excluding hydrogens is 266 g/mol. The number of rotatable bonds is 6. The lowest BCUT2D eigenvalue weighted by Crippen LogP contribution is -2.23. The van der Waals surface area contributed by atoms with E-state index in [9.17, 15) is 0 Å². The summed E-state index contributed by atoms with van der Waals surface area (Å²) in [5.41, 5.74) is 1.95. The van der Waals surface area contributed by atoms with Gasteiger partial charge in [0, 0.05) is 0 Å². The van der Waals surface area contributed by atoms with E-state index in [1.807, 2.05) is 19.1 Å². The number of hydrogen-bond donors (Lipinski definition) is 1. The Kier molecular flexibility index (Phi) is 5.23. The Morgan fingerprint density at radius 3 is 2.67 bits per heavy atom. The van der Waals surface area contributed by atoms with Gasteiger partial charge in [0.05, 0.1) is 17.4 Å². The Hall–Kier alpha value is -1.55. The second-order valence-corrected chi connectivity index (χ2v) is 6.33. The average Bonchev–Trinajstić information content (AvgIpc) is 2.83. The summed E-state index contributed by atoms with van der Waals surface area (Å²) >= 11 is 0. The SMILES string of the molecule is C/C(CCc1ccc(OCC2CCC(C)(C)O2)cc1)=N/O. The Bertz CT molecular complexity index is 479. The largest absolute Gasteiger partial charge is 0.491 e. The van der Waals surface area contributed by atoms with E-state index in [4.69, 9.17) is 14.7 Å². The van der Waals surface area contributed by atoms with Crippen LogP contribution in [0.3, 0.4) is 0 Å². The lowest BCUT2D eigenvalue weighted by Gasteiger charge is -2.19. The van der Waals surface area contributed by atoms with Crippen LogP contribution in [0.25, 0.3) is 0 Å². The van der Waals surface area contributed by atoms with Gasteiger partial charge in [-0.3, -0.25) is 0 Å². The van der Waals surface area contributed by atoms with Crippen molar-refractivity contribution < 1.29 is 14.7 Å². The fourth-order valence-corrected chi connectivity index (χ4v) is 2.51. The van der Waals surface area contributed by atoms with Crippen molar-refractivity contribution in [2.24, 2.45) is 5.16 Å². The molecule has 1 N–H and O–H groups in total. The predicted octanol–water partition coefficient (Wildman–Crippen LogP) is 3.81. The number of benzene rings is 1. The van der Waals surface area contributed by atoms with E-state index >= 15 is 0 Å². The zero-order chi connectivity index (χ0) is 15.3. The smallest absolute Gasteiger partial charge is 0.119 e. The van der Waals surface area contributed by atoms with Gasteiger partial charge in [0.25, 0.3) is 0 Å². The van der Waals surface area contributed by atoms with Crippen LogP contribution in [-0.4, -0.2) is 29.2 Å². The van der Waals surface area contributed by atoms with Crippen molar-refractivity contribution in [3.8, 4) is 5.75 Å². The molecule has 1 unspecified atom stereocenters. The molecule has 1 atom stereocenters. The van der Waals surface area contributed by atoms with E-state index in [0.29, 0.717) is 6.61 Å². The maximum absolute atomic E-state index is 8.62. The Morgan fingerprint density at radius 2 is 2.10 bits per heavy atom. The highest BCUT2D eigenvalue weighted by Gasteiger charge is 2.31. The molecule has 0 aromatic heterocycles. The molecule has 1 aromatic carbocycles. The molecule has 0 saturated carbocycles. The Balaban J connectivity index is 1.77. The summed E-state index contributed by atoms with van der Waals surface area (Å²) in [4.78, 5) is 0. The molecule has 0 amide bonds. The minimum Gasteiger partial charge on any atom is -0.491 e. The predicted molar refractivity (Wildman–Crippen MR) is 83.3 cm³/mol. The van der Waals surface area contributed by atoms with Gasteiger partial charge in [-0.15, -0.1) is 0 Å². The van der Waals surface area contributed by atoms with Gasteiger partial charge in [0.15, 0.2) is 0 Å². The summed E-state index contributed by atoms with van der Waals surface area (Å²) < 4.78 is 11.7. The number of aryl methyl sites for hydroxylation is 1. The number of nitrogens with zero attached hydrogens (tertiary/aromatic N) is 1. The summed E-state index contributed by atoms with van der Waals surface area (Å²) in [6.07, 6.45) is 3.98. The molecule has 0 spiro atoms. The molecular formula is C17H25NO3. The van der Waals surface area contributed by atoms with Crippen molar-refractivity contribution in [2.75, 3.05) is 6.61 Å². The second kappa shape index (κ2) is 6.94. The van der Waals surface area contributed by atoms with Crippen molar-refractivity contribution in [3.05, 3.63) is 29.8 Å². The average molecular weight is 291 g/mol. The van der Waals surface area contributed by atoms with E-state index in [-0.39, 0.29) is 11.7 Å². The van der Waals surface area contributed by atoms with Gasteiger partial charge in [-0.05, 0) is 64.2 Å². The van der Waals surface area contributed by atoms with Crippen LogP contribution < -0.4 is 4.74 Å². The first-order valence-corrected chi connectivity index (χ1v) is 7.55. The maximum atomic E-state index is 8.62. The van der Waals surface area contributed by atoms with Crippen LogP contribution in [0.1, 0.15) is 45.6 Å². The molecule has 1 aliphatic heterocycles. The fourth-order valence-electron chi connectivity index (χ4n) is 2.51. The molecule has 4 heteroatoms. The lowest BCUT2D eigenvalue weighted by atomic mass is 10.1. The molecule has 0 bridgehead atoms. The Labute approximate surface area is 126 Å². The fraction of sp³-hybridized carbons (Fsp3) is 0.588. The van der Waals surface area contributed by atoms with Crippen LogP contribution in [0.4, 0.5) is 0 Å². The Morgan fingerprint density at radius 1 is 1.38 bits per heavy atom. The van der Waals surface area contributed by atoms with Gasteiger partial charge in [-0.1, -0.05) is 17.3 Å². The van der Waals surface area contributed by atoms with Gasteiger partial charge in [-0.2, -0.15) is 0 Å². The molecule has 1 heterocycles. The van der Waals surface area contributed by atoms with Gasteiger partial charge in [0.2, 0.25) is 0 Å². The lowest BCUT2D eigenvalue weighted by molar-refractivity contribution is -0.0326. The van der Waals surface area contributed by atoms with Crippen molar-refractivity contribution in [1.29, 1.82) is 0 Å². The number of hydrogen-bond acceptors (Lipinski definition) is 4. The van der Waals surface area contributed by atoms with Gasteiger partial charge in [0.1, 0.15) is 12.4 Å². The monoisotopic (exact) mass is 291 g/mol. The molecule has 1 aromatic rings. The highest BCUT2D eigenvalue weighted by atomic mass is 16.6. The molecule has 0 aliphatic carbocycles. The molecule has 1 fully saturated rings. The summed E-state index contributed by atoms with van der Waals surface area (Å²) in [6, 6.07) is 8.08. The first-order valence-electron chi connectivity index (χ1n) is 7.55. The van der Waals surface area contributed by atoms with E-state index in [1.54, 1.807) is 0 Å². The quantitative estimate of drug-likeness (QED) is 0.492. The molecule has 4 nitrogen and oxygen atoms in total. The highest BCUT2D eigenvalue weighted by molar-refractivity contribution is 5.81. The van der Waals surface area contributed by atoms with E-state index in [0.717, 1.165) is 37.1 Å². The third-order valence-corrected chi connectivity index (χ3v) is 3.86. The minimum atomic E-state index is -0.00992. The van der Waals surface area contributed by atoms with Crippen LogP contribution >= 0.6 is 0 Å². The van der Waals surface area contributed by atoms with Gasteiger partial charge >= 0.3 is 0 Å². The molecule has 2 rings (SSSR count). The summed E-state index contributed by atoms with van der Waals surface area (Å²) in [7, 11) is 0. The van der Waals surface area contributed by atoms with Crippen LogP contribution in [0.2, 0.25) is 0 Å². The second-order valence-electron chi connectivity index (χ2n) is 6.33. The maximum Gasteiger partial charge on any atom is 0.119 e. The molecule has 1 aliphatic rings. The minimum absolute atomic E-state index is 0.00992. The van der Waals surface area contributed by atoms with Crippen LogP contribution in [0.5, 0.6) is 5.75 Å². The standard InChI is InChI=1S/C17H25NO3/c1-13(18-19)4-5-14-6-8-15(9-7-14)20-12-16-10-11-17(2,3)21-16/h6-9,16,19H,4-5,10-12H2,1-3H3/b18-13-. The third-order valence-electron chi connectivity index (χ3n) is 3.86. The summed E-state index contributed by atoms with van der Waals surface area (Å²) in [6.45, 7) is 6.68. The first-order chi connectivity index (χ1) is 9.98. The zero-order valence-corrected chi connectivity index (χ0v) is 13.1. The van der Waals surface area contributed by atoms with E-state index in [2.05, 4.69) is 31.1 Å². The molecule has 21 heavy (non-hydrogen) atoms. The van der Waals surface area contributed by atoms with Crippen molar-refractivity contribution >= 4 is 5.71 Å².